The molecule has 2 aromatic rings. The van der Waals surface area contributed by atoms with Crippen molar-refractivity contribution in [2.24, 2.45) is 0 Å². The first-order valence-corrected chi connectivity index (χ1v) is 3.59. The summed E-state index contributed by atoms with van der Waals surface area (Å²) in [6.45, 7) is 0. The molecule has 0 saturated heterocycles. The molecular formula is C10H9NO. The third-order valence-corrected chi connectivity index (χ3v) is 1.70. The van der Waals surface area contributed by atoms with Gasteiger partial charge in [0.2, 0.25) is 0 Å². The van der Waals surface area contributed by atoms with E-state index in [1.54, 1.807) is 24.3 Å². The van der Waals surface area contributed by atoms with Crippen molar-refractivity contribution in [2.45, 2.75) is 0 Å². The summed E-state index contributed by atoms with van der Waals surface area (Å²) in [6.07, 6.45) is 0. The van der Waals surface area contributed by atoms with Crippen molar-refractivity contribution in [1.29, 1.82) is 0 Å². The van der Waals surface area contributed by atoms with Crippen molar-refractivity contribution in [3.63, 3.8) is 0 Å². The highest BCUT2D eigenvalue weighted by Gasteiger charge is 1.98. The van der Waals surface area contributed by atoms with Gasteiger partial charge in [0.1, 0.15) is 5.75 Å². The van der Waals surface area contributed by atoms with Crippen LogP contribution in [0.4, 0.5) is 5.69 Å². The molecule has 0 fully saturated rings. The summed E-state index contributed by atoms with van der Waals surface area (Å²) in [7, 11) is 0. The maximum Gasteiger partial charge on any atom is 0.139 e. The molecule has 0 amide bonds. The minimum Gasteiger partial charge on any atom is -0.506 e. The molecule has 0 aliphatic rings. The van der Waals surface area contributed by atoms with Gasteiger partial charge >= 0.3 is 0 Å². The van der Waals surface area contributed by atoms with Gasteiger partial charge in [-0.15, -0.1) is 0 Å². The van der Waals surface area contributed by atoms with E-state index in [1.165, 1.54) is 0 Å². The highest BCUT2D eigenvalue weighted by Crippen LogP contribution is 2.26. The van der Waals surface area contributed by atoms with Crippen LogP contribution in [0.3, 0.4) is 0 Å². The Morgan fingerprint density at radius 1 is 1.17 bits per heavy atom. The van der Waals surface area contributed by atoms with Crippen LogP contribution in [0.2, 0.25) is 0 Å². The molecule has 2 rings (SSSR count). The van der Waals surface area contributed by atoms with Gasteiger partial charge < -0.3 is 10.8 Å². The van der Waals surface area contributed by atoms with E-state index in [2.05, 4.69) is 0 Å². The quantitative estimate of drug-likeness (QED) is 0.459. The lowest BCUT2D eigenvalue weighted by Gasteiger charge is -2.01. The van der Waals surface area contributed by atoms with E-state index in [0.717, 1.165) is 0 Å². The van der Waals surface area contributed by atoms with Gasteiger partial charge in [-0.3, -0.25) is 0 Å². The van der Waals surface area contributed by atoms with Crippen LogP contribution < -0.4 is 5.73 Å². The zero-order chi connectivity index (χ0) is 10.3. The highest BCUT2D eigenvalue weighted by molar-refractivity contribution is 5.87. The second-order valence-corrected chi connectivity index (χ2v) is 2.56. The average Bonchev–Trinajstić information content (AvgIpc) is 2.23. The number of nitrogen functional groups attached to an aromatic ring is 1. The van der Waals surface area contributed by atoms with E-state index in [-0.39, 0.29) is 23.5 Å². The first-order chi connectivity index (χ1) is 6.63. The Kier molecular flexibility index (Phi) is 1.01. The number of aromatic hydroxyl groups is 1. The topological polar surface area (TPSA) is 46.2 Å². The number of hydrogen-bond donors (Lipinski definition) is 2. The molecule has 2 nitrogen and oxygen atoms in total. The first-order valence-electron chi connectivity index (χ1n) is 4.59. The van der Waals surface area contributed by atoms with E-state index in [9.17, 15) is 5.11 Å². The van der Waals surface area contributed by atoms with Crippen LogP contribution in [0.5, 0.6) is 5.75 Å². The van der Waals surface area contributed by atoms with Crippen molar-refractivity contribution in [3.05, 3.63) is 36.4 Å². The third kappa shape index (κ3) is 0.975. The number of phenols is 1. The zero-order valence-corrected chi connectivity index (χ0v) is 6.33. The lowest BCUT2D eigenvalue weighted by Crippen LogP contribution is -1.84. The Morgan fingerprint density at radius 3 is 2.42 bits per heavy atom. The fraction of sp³-hybridized carbons (Fsp3) is 0. The molecule has 0 aliphatic carbocycles. The van der Waals surface area contributed by atoms with Crippen molar-refractivity contribution in [1.82, 2.24) is 0 Å². The Balaban J connectivity index is 3.02. The maximum atomic E-state index is 9.45. The van der Waals surface area contributed by atoms with Crippen molar-refractivity contribution < 1.29 is 7.85 Å². The van der Waals surface area contributed by atoms with Gasteiger partial charge in [-0.1, -0.05) is 24.3 Å². The summed E-state index contributed by atoms with van der Waals surface area (Å²) >= 11 is 0. The van der Waals surface area contributed by atoms with E-state index in [4.69, 9.17) is 8.48 Å². The summed E-state index contributed by atoms with van der Waals surface area (Å²) < 4.78 is 15.3. The van der Waals surface area contributed by atoms with Gasteiger partial charge in [0, 0.05) is 0 Å². The molecule has 0 bridgehead atoms. The number of nitrogens with two attached hydrogens (primary N) is 1. The number of anilines is 1. The van der Waals surface area contributed by atoms with E-state index in [0.29, 0.717) is 10.8 Å². The fourth-order valence-electron chi connectivity index (χ4n) is 1.10. The smallest absolute Gasteiger partial charge is 0.139 e. The molecule has 0 atom stereocenters. The zero-order valence-electron chi connectivity index (χ0n) is 8.33. The predicted molar refractivity (Wildman–Crippen MR) is 50.0 cm³/mol. The molecule has 3 N–H and O–H groups in total. The van der Waals surface area contributed by atoms with Crippen LogP contribution >= 0.6 is 0 Å². The minimum absolute atomic E-state index is 0.0194. The second kappa shape index (κ2) is 2.41. The summed E-state index contributed by atoms with van der Waals surface area (Å²) in [5.41, 5.74) is 5.46. The lowest BCUT2D eigenvalue weighted by molar-refractivity contribution is 0.479. The van der Waals surface area contributed by atoms with Crippen LogP contribution in [0.15, 0.2) is 36.4 Å². The molecule has 0 aliphatic heterocycles. The van der Waals surface area contributed by atoms with Gasteiger partial charge in [0.25, 0.3) is 0 Å². The van der Waals surface area contributed by atoms with Crippen LogP contribution in [-0.2, 0) is 0 Å². The molecule has 0 spiro atoms. The van der Waals surface area contributed by atoms with Crippen LogP contribution in [0.1, 0.15) is 2.74 Å². The lowest BCUT2D eigenvalue weighted by atomic mass is 10.1. The highest BCUT2D eigenvalue weighted by atomic mass is 16.3. The van der Waals surface area contributed by atoms with Crippen molar-refractivity contribution in [2.75, 3.05) is 5.73 Å². The molecular weight excluding hydrogens is 150 g/mol. The molecule has 0 unspecified atom stereocenters. The van der Waals surface area contributed by atoms with Gasteiger partial charge in [-0.05, 0) is 22.9 Å². The molecule has 0 radical (unpaired) electrons. The van der Waals surface area contributed by atoms with Gasteiger partial charge in [0.15, 0.2) is 0 Å². The molecule has 0 saturated carbocycles. The predicted octanol–water partition coefficient (Wildman–Crippen LogP) is 2.13. The molecule has 12 heavy (non-hydrogen) atoms. The third-order valence-electron chi connectivity index (χ3n) is 1.70. The molecule has 0 aromatic heterocycles. The summed E-state index contributed by atoms with van der Waals surface area (Å²) in [5, 5.41) is 10.6. The van der Waals surface area contributed by atoms with E-state index >= 15 is 0 Å². The van der Waals surface area contributed by atoms with Crippen LogP contribution in [-0.4, -0.2) is 5.11 Å². The number of hydrogen-bond acceptors (Lipinski definition) is 2. The monoisotopic (exact) mass is 161 g/mol. The van der Waals surface area contributed by atoms with Crippen molar-refractivity contribution >= 4 is 16.5 Å². The van der Waals surface area contributed by atoms with E-state index < -0.39 is 0 Å². The number of fused-ring (bicyclic) bond motifs is 1. The Bertz CT molecular complexity index is 464. The summed E-state index contributed by atoms with van der Waals surface area (Å²) in [4.78, 5) is 0. The molecule has 2 aromatic carbocycles. The van der Waals surface area contributed by atoms with Gasteiger partial charge in [-0.2, -0.15) is 0 Å². The summed E-state index contributed by atoms with van der Waals surface area (Å²) in [5.74, 6) is -0.311. The van der Waals surface area contributed by atoms with Gasteiger partial charge in [-0.25, -0.2) is 0 Å². The van der Waals surface area contributed by atoms with E-state index in [1.807, 2.05) is 0 Å². The average molecular weight is 161 g/mol. The Morgan fingerprint density at radius 2 is 1.75 bits per heavy atom. The van der Waals surface area contributed by atoms with Gasteiger partial charge in [0.05, 0.1) is 8.43 Å². The Hall–Kier alpha value is -1.70. The normalized spacial score (nSPS) is 12.7. The van der Waals surface area contributed by atoms with Crippen LogP contribution in [0.25, 0.3) is 10.8 Å². The molecule has 60 valence electrons. The number of benzene rings is 2. The first kappa shape index (κ1) is 5.04. The molecule has 2 heteroatoms. The number of rotatable bonds is 0. The minimum atomic E-state index is -0.311. The maximum absolute atomic E-state index is 9.45. The number of phenolic OH excluding ortho intramolecular Hbond substituents is 1. The standard InChI is InChI=1S/C10H9NO/c11-9-5-7-3-1-2-4-8(7)6-10(9)12/h1-6,12H,11H2/i5D,6D. The van der Waals surface area contributed by atoms with Crippen LogP contribution in [0, 0.1) is 0 Å². The second-order valence-electron chi connectivity index (χ2n) is 2.56. The van der Waals surface area contributed by atoms with Crippen molar-refractivity contribution in [3.8, 4) is 5.75 Å². The Labute approximate surface area is 73.1 Å². The SMILES string of the molecule is [2H]c1c(N)c(O)c([2H])c2ccccc12. The summed E-state index contributed by atoms with van der Waals surface area (Å²) in [6, 6.07) is 7.00. The largest absolute Gasteiger partial charge is 0.506 e. The molecule has 0 heterocycles. The fourth-order valence-corrected chi connectivity index (χ4v) is 1.10.